The van der Waals surface area contributed by atoms with E-state index in [4.69, 9.17) is 12.2 Å². The van der Waals surface area contributed by atoms with Gasteiger partial charge in [-0.05, 0) is 67.9 Å². The number of aryl methyl sites for hydroxylation is 2. The summed E-state index contributed by atoms with van der Waals surface area (Å²) >= 11 is 5.32. The van der Waals surface area contributed by atoms with Crippen LogP contribution in [0.15, 0.2) is 41.4 Å². The highest BCUT2D eigenvalue weighted by molar-refractivity contribution is 7.80. The first-order valence-electron chi connectivity index (χ1n) is 8.76. The molecule has 1 heterocycles. The molecule has 2 aromatic carbocycles. The number of nitrogens with zero attached hydrogens (tertiary/aromatic N) is 1. The lowest BCUT2D eigenvalue weighted by molar-refractivity contribution is -0.120. The zero-order valence-corrected chi connectivity index (χ0v) is 16.1. The van der Waals surface area contributed by atoms with Crippen LogP contribution in [0.4, 0.5) is 5.69 Å². The summed E-state index contributed by atoms with van der Waals surface area (Å²) in [7, 11) is 0. The van der Waals surface area contributed by atoms with Gasteiger partial charge in [0.1, 0.15) is 0 Å². The van der Waals surface area contributed by atoms with Crippen molar-refractivity contribution in [3.63, 3.8) is 0 Å². The summed E-state index contributed by atoms with van der Waals surface area (Å²) in [6.45, 7) is 6.70. The summed E-state index contributed by atoms with van der Waals surface area (Å²) in [6, 6.07) is 12.2. The highest BCUT2D eigenvalue weighted by atomic mass is 32.1. The van der Waals surface area contributed by atoms with Gasteiger partial charge in [0.15, 0.2) is 5.11 Å². The lowest BCUT2D eigenvalue weighted by Gasteiger charge is -2.15. The Morgan fingerprint density at radius 2 is 1.85 bits per heavy atom. The number of fused-ring (bicyclic) bond motifs is 1. The number of carbonyl (C=O) groups is 1. The molecule has 1 aliphatic rings. The summed E-state index contributed by atoms with van der Waals surface area (Å²) in [5.74, 6) is -0.287. The predicted octanol–water partition coefficient (Wildman–Crippen LogP) is 2.55. The number of carbonyl (C=O) groups excluding carboxylic acids is 1. The van der Waals surface area contributed by atoms with E-state index in [1.54, 1.807) is 0 Å². The van der Waals surface area contributed by atoms with Gasteiger partial charge in [0.2, 0.25) is 0 Å². The van der Waals surface area contributed by atoms with Crippen molar-refractivity contribution in [2.45, 2.75) is 27.2 Å². The van der Waals surface area contributed by atoms with Crippen molar-refractivity contribution >= 4 is 35.0 Å². The van der Waals surface area contributed by atoms with Gasteiger partial charge in [-0.3, -0.25) is 4.79 Å². The SMILES string of the molecule is Cc1ccc(NC(=S)NCCC2C=c3ccc(C)c(C)c3=NC2=O)cc1. The van der Waals surface area contributed by atoms with Gasteiger partial charge >= 0.3 is 0 Å². The maximum atomic E-state index is 12.3. The van der Waals surface area contributed by atoms with Crippen LogP contribution >= 0.6 is 12.2 Å². The molecule has 2 aromatic rings. The molecule has 0 aliphatic carbocycles. The van der Waals surface area contributed by atoms with Crippen LogP contribution in [0, 0.1) is 26.7 Å². The molecule has 5 heteroatoms. The number of rotatable bonds is 4. The summed E-state index contributed by atoms with van der Waals surface area (Å²) in [4.78, 5) is 16.7. The third-order valence-corrected chi connectivity index (χ3v) is 4.95. The molecule has 1 amide bonds. The van der Waals surface area contributed by atoms with E-state index in [1.807, 2.05) is 57.2 Å². The molecule has 0 aromatic heterocycles. The fraction of sp³-hybridized carbons (Fsp3) is 0.286. The van der Waals surface area contributed by atoms with Gasteiger partial charge in [0.25, 0.3) is 5.91 Å². The summed E-state index contributed by atoms with van der Waals surface area (Å²) in [5.41, 5.74) is 4.38. The average Bonchev–Trinajstić information content (AvgIpc) is 2.61. The van der Waals surface area contributed by atoms with Crippen LogP contribution in [0.3, 0.4) is 0 Å². The van der Waals surface area contributed by atoms with Crippen LogP contribution in [-0.4, -0.2) is 17.6 Å². The fourth-order valence-electron chi connectivity index (χ4n) is 2.95. The highest BCUT2D eigenvalue weighted by Gasteiger charge is 2.19. The molecule has 2 N–H and O–H groups in total. The lowest BCUT2D eigenvalue weighted by atomic mass is 9.98. The van der Waals surface area contributed by atoms with Crippen molar-refractivity contribution in [2.24, 2.45) is 10.9 Å². The minimum absolute atomic E-state index is 0.0783. The molecule has 0 bridgehead atoms. The number of amides is 1. The monoisotopic (exact) mass is 365 g/mol. The Bertz CT molecular complexity index is 964. The van der Waals surface area contributed by atoms with E-state index in [9.17, 15) is 4.79 Å². The maximum Gasteiger partial charge on any atom is 0.253 e. The zero-order valence-electron chi connectivity index (χ0n) is 15.3. The molecule has 4 nitrogen and oxygen atoms in total. The van der Waals surface area contributed by atoms with Crippen molar-refractivity contribution < 1.29 is 4.79 Å². The average molecular weight is 366 g/mol. The summed E-state index contributed by atoms with van der Waals surface area (Å²) < 4.78 is 0. The minimum Gasteiger partial charge on any atom is -0.362 e. The number of benzene rings is 2. The number of anilines is 1. The Morgan fingerprint density at radius 1 is 1.12 bits per heavy atom. The first-order chi connectivity index (χ1) is 12.4. The van der Waals surface area contributed by atoms with Crippen molar-refractivity contribution in [1.82, 2.24) is 5.32 Å². The minimum atomic E-state index is -0.209. The number of thiocarbonyl (C=S) groups is 1. The Balaban J connectivity index is 1.59. The van der Waals surface area contributed by atoms with Crippen molar-refractivity contribution in [1.29, 1.82) is 0 Å². The second kappa shape index (κ2) is 7.79. The molecule has 3 rings (SSSR count). The molecule has 1 atom stereocenters. The van der Waals surface area contributed by atoms with E-state index in [1.165, 1.54) is 5.56 Å². The van der Waals surface area contributed by atoms with Gasteiger partial charge in [-0.2, -0.15) is 0 Å². The second-order valence-electron chi connectivity index (χ2n) is 6.70. The van der Waals surface area contributed by atoms with Crippen molar-refractivity contribution in [3.8, 4) is 0 Å². The molecule has 0 spiro atoms. The van der Waals surface area contributed by atoms with Gasteiger partial charge in [-0.25, -0.2) is 4.99 Å². The standard InChI is InChI=1S/C21H23N3OS/c1-13-4-8-18(9-5-13)23-21(26)22-11-10-17-12-16-7-6-14(2)15(3)19(16)24-20(17)25/h4-9,12,17H,10-11H2,1-3H3,(H2,22,23,26). The molecule has 134 valence electrons. The van der Waals surface area contributed by atoms with Crippen molar-refractivity contribution in [3.05, 3.63) is 63.7 Å². The number of hydrogen-bond acceptors (Lipinski definition) is 2. The quantitative estimate of drug-likeness (QED) is 0.818. The molecule has 0 radical (unpaired) electrons. The first kappa shape index (κ1) is 18.3. The van der Waals surface area contributed by atoms with Crippen molar-refractivity contribution in [2.75, 3.05) is 11.9 Å². The molecule has 1 unspecified atom stereocenters. The Kier molecular flexibility index (Phi) is 5.47. The molecule has 0 fully saturated rings. The molecule has 26 heavy (non-hydrogen) atoms. The third-order valence-electron chi connectivity index (χ3n) is 4.70. The first-order valence-corrected chi connectivity index (χ1v) is 9.17. The Morgan fingerprint density at radius 3 is 2.58 bits per heavy atom. The molecular formula is C21H23N3OS. The van der Waals surface area contributed by atoms with E-state index in [-0.39, 0.29) is 11.8 Å². The smallest absolute Gasteiger partial charge is 0.253 e. The number of hydrogen-bond donors (Lipinski definition) is 2. The van der Waals surface area contributed by atoms with Crippen LogP contribution in [0.25, 0.3) is 6.08 Å². The summed E-state index contributed by atoms with van der Waals surface area (Å²) in [5, 5.41) is 8.73. The van der Waals surface area contributed by atoms with Crippen LogP contribution in [-0.2, 0) is 4.79 Å². The van der Waals surface area contributed by atoms with Crippen LogP contribution in [0.1, 0.15) is 23.1 Å². The van der Waals surface area contributed by atoms with E-state index in [0.29, 0.717) is 18.1 Å². The largest absolute Gasteiger partial charge is 0.362 e. The molecular weight excluding hydrogens is 342 g/mol. The second-order valence-corrected chi connectivity index (χ2v) is 7.11. The molecule has 1 aliphatic heterocycles. The normalized spacial score (nSPS) is 15.5. The summed E-state index contributed by atoms with van der Waals surface area (Å²) in [6.07, 6.45) is 2.68. The van der Waals surface area contributed by atoms with Gasteiger partial charge < -0.3 is 10.6 Å². The highest BCUT2D eigenvalue weighted by Crippen LogP contribution is 2.11. The molecule has 0 saturated carbocycles. The van der Waals surface area contributed by atoms with E-state index in [0.717, 1.165) is 27.4 Å². The van der Waals surface area contributed by atoms with Gasteiger partial charge in [-0.1, -0.05) is 35.9 Å². The third kappa shape index (κ3) is 4.17. The lowest BCUT2D eigenvalue weighted by Crippen LogP contribution is -2.37. The maximum absolute atomic E-state index is 12.3. The zero-order chi connectivity index (χ0) is 18.7. The van der Waals surface area contributed by atoms with Gasteiger partial charge in [0, 0.05) is 12.2 Å². The van der Waals surface area contributed by atoms with Gasteiger partial charge in [0.05, 0.1) is 11.3 Å². The Hall–Kier alpha value is -2.53. The van der Waals surface area contributed by atoms with E-state index >= 15 is 0 Å². The van der Waals surface area contributed by atoms with Crippen LogP contribution in [0.5, 0.6) is 0 Å². The Labute approximate surface area is 159 Å². The van der Waals surface area contributed by atoms with E-state index < -0.39 is 0 Å². The predicted molar refractivity (Wildman–Crippen MR) is 110 cm³/mol. The van der Waals surface area contributed by atoms with E-state index in [2.05, 4.69) is 21.7 Å². The topological polar surface area (TPSA) is 53.5 Å². The van der Waals surface area contributed by atoms with Crippen LogP contribution < -0.4 is 21.2 Å². The molecule has 0 saturated heterocycles. The van der Waals surface area contributed by atoms with Crippen LogP contribution in [0.2, 0.25) is 0 Å². The number of nitrogens with one attached hydrogen (secondary N) is 2. The van der Waals surface area contributed by atoms with Gasteiger partial charge in [-0.15, -0.1) is 0 Å². The fourth-order valence-corrected chi connectivity index (χ4v) is 3.17.